The van der Waals surface area contributed by atoms with Crippen LogP contribution in [-0.4, -0.2) is 35.5 Å². The molecule has 1 N–H and O–H groups in total. The molecule has 1 atom stereocenters. The van der Waals surface area contributed by atoms with Crippen LogP contribution in [0, 0.1) is 0 Å². The van der Waals surface area contributed by atoms with Crippen molar-refractivity contribution in [2.45, 2.75) is 25.3 Å². The summed E-state index contributed by atoms with van der Waals surface area (Å²) in [5.74, 6) is 0.0945. The number of imide groups is 1. The number of carbonyl (C=O) groups is 2. The third-order valence-electron chi connectivity index (χ3n) is 4.58. The summed E-state index contributed by atoms with van der Waals surface area (Å²) < 4.78 is 5.59. The summed E-state index contributed by atoms with van der Waals surface area (Å²) in [5.41, 5.74) is 0.200. The second-order valence-electron chi connectivity index (χ2n) is 6.60. The summed E-state index contributed by atoms with van der Waals surface area (Å²) in [6, 6.07) is 14.5. The Balaban J connectivity index is 1.58. The van der Waals surface area contributed by atoms with Crippen molar-refractivity contribution in [3.63, 3.8) is 0 Å². The molecule has 0 saturated carbocycles. The van der Waals surface area contributed by atoms with Gasteiger partial charge in [-0.25, -0.2) is 4.79 Å². The Morgan fingerprint density at radius 2 is 1.70 bits per heavy atom. The highest BCUT2D eigenvalue weighted by Crippen LogP contribution is 2.32. The third-order valence-corrected chi connectivity index (χ3v) is 5.18. The van der Waals surface area contributed by atoms with Crippen LogP contribution in [0.25, 0.3) is 0 Å². The molecular weight excluding hydrogens is 387 g/mol. The Kier molecular flexibility index (Phi) is 5.92. The van der Waals surface area contributed by atoms with Gasteiger partial charge in [-0.3, -0.25) is 9.69 Å². The van der Waals surface area contributed by atoms with E-state index in [0.717, 1.165) is 5.56 Å². The molecule has 0 spiro atoms. The number of urea groups is 1. The van der Waals surface area contributed by atoms with Crippen LogP contribution in [0.5, 0.6) is 5.75 Å². The summed E-state index contributed by atoms with van der Waals surface area (Å²) in [5, 5.41) is 3.57. The van der Waals surface area contributed by atoms with Gasteiger partial charge in [0.05, 0.1) is 16.6 Å². The molecule has 2 aromatic rings. The first-order chi connectivity index (χ1) is 12.9. The van der Waals surface area contributed by atoms with Crippen molar-refractivity contribution < 1.29 is 14.3 Å². The smallest absolute Gasteiger partial charge is 0.325 e. The van der Waals surface area contributed by atoms with E-state index in [4.69, 9.17) is 27.9 Å². The van der Waals surface area contributed by atoms with E-state index >= 15 is 0 Å². The zero-order chi connectivity index (χ0) is 19.4. The molecule has 1 aliphatic heterocycles. The number of halogens is 2. The molecule has 7 heteroatoms. The molecule has 0 unspecified atom stereocenters. The standard InChI is InChI=1S/C20H20Cl2N2O3/c1-20(11-10-14-6-3-2-4-7-14)18(25)24(19(26)23-20)12-13-27-17-15(21)8-5-9-16(17)22/h2-9H,10-13H2,1H3,(H,23,26)/t20-/m0/s1. The lowest BCUT2D eigenvalue weighted by Gasteiger charge is -2.21. The van der Waals surface area contributed by atoms with E-state index in [2.05, 4.69) is 5.32 Å². The second kappa shape index (κ2) is 8.19. The first kappa shape index (κ1) is 19.5. The number of carbonyl (C=O) groups excluding carboxylic acids is 2. The molecular formula is C20H20Cl2N2O3. The molecule has 5 nitrogen and oxygen atoms in total. The third kappa shape index (κ3) is 4.37. The zero-order valence-corrected chi connectivity index (χ0v) is 16.4. The van der Waals surface area contributed by atoms with Gasteiger partial charge in [0.2, 0.25) is 0 Å². The van der Waals surface area contributed by atoms with Crippen LogP contribution in [0.4, 0.5) is 4.79 Å². The number of para-hydroxylation sites is 1. The monoisotopic (exact) mass is 406 g/mol. The quantitative estimate of drug-likeness (QED) is 0.696. The van der Waals surface area contributed by atoms with E-state index in [1.165, 1.54) is 4.90 Å². The van der Waals surface area contributed by atoms with Crippen molar-refractivity contribution in [1.82, 2.24) is 10.2 Å². The molecule has 1 fully saturated rings. The van der Waals surface area contributed by atoms with Crippen LogP contribution in [0.2, 0.25) is 10.0 Å². The van der Waals surface area contributed by atoms with E-state index in [0.29, 0.717) is 28.6 Å². The number of aryl methyl sites for hydroxylation is 1. The fraction of sp³-hybridized carbons (Fsp3) is 0.300. The molecule has 0 radical (unpaired) electrons. The molecule has 3 rings (SSSR count). The highest BCUT2D eigenvalue weighted by molar-refractivity contribution is 6.37. The predicted octanol–water partition coefficient (Wildman–Crippen LogP) is 4.32. The van der Waals surface area contributed by atoms with Gasteiger partial charge in [-0.15, -0.1) is 0 Å². The van der Waals surface area contributed by atoms with Crippen molar-refractivity contribution in [2.24, 2.45) is 0 Å². The fourth-order valence-electron chi connectivity index (χ4n) is 3.02. The lowest BCUT2D eigenvalue weighted by Crippen LogP contribution is -2.44. The Hall–Kier alpha value is -2.24. The fourth-order valence-corrected chi connectivity index (χ4v) is 3.52. The van der Waals surface area contributed by atoms with Crippen molar-refractivity contribution in [2.75, 3.05) is 13.2 Å². The molecule has 27 heavy (non-hydrogen) atoms. The summed E-state index contributed by atoms with van der Waals surface area (Å²) >= 11 is 12.1. The lowest BCUT2D eigenvalue weighted by molar-refractivity contribution is -0.131. The second-order valence-corrected chi connectivity index (χ2v) is 7.42. The molecule has 0 aliphatic carbocycles. The minimum atomic E-state index is -0.922. The number of hydrogen-bond acceptors (Lipinski definition) is 3. The molecule has 1 saturated heterocycles. The van der Waals surface area contributed by atoms with Crippen LogP contribution in [0.3, 0.4) is 0 Å². The van der Waals surface area contributed by atoms with Crippen molar-refractivity contribution in [1.29, 1.82) is 0 Å². The summed E-state index contributed by atoms with van der Waals surface area (Å²) in [7, 11) is 0. The minimum Gasteiger partial charge on any atom is -0.489 e. The van der Waals surface area contributed by atoms with Gasteiger partial charge < -0.3 is 10.1 Å². The minimum absolute atomic E-state index is 0.109. The zero-order valence-electron chi connectivity index (χ0n) is 14.9. The molecule has 0 aromatic heterocycles. The largest absolute Gasteiger partial charge is 0.489 e. The van der Waals surface area contributed by atoms with Crippen molar-refractivity contribution >= 4 is 35.1 Å². The maximum absolute atomic E-state index is 12.8. The van der Waals surface area contributed by atoms with Crippen LogP contribution >= 0.6 is 23.2 Å². The van der Waals surface area contributed by atoms with Crippen LogP contribution in [-0.2, 0) is 11.2 Å². The van der Waals surface area contributed by atoms with Gasteiger partial charge in [-0.05, 0) is 37.5 Å². The normalized spacial score (nSPS) is 19.3. The first-order valence-corrected chi connectivity index (χ1v) is 9.41. The predicted molar refractivity (Wildman–Crippen MR) is 105 cm³/mol. The topological polar surface area (TPSA) is 58.6 Å². The molecule has 1 heterocycles. The number of benzene rings is 2. The molecule has 3 amide bonds. The highest BCUT2D eigenvalue weighted by Gasteiger charge is 2.47. The molecule has 142 valence electrons. The number of nitrogens with one attached hydrogen (secondary N) is 1. The van der Waals surface area contributed by atoms with Gasteiger partial charge in [-0.2, -0.15) is 0 Å². The van der Waals surface area contributed by atoms with E-state index in [-0.39, 0.29) is 19.1 Å². The van der Waals surface area contributed by atoms with E-state index in [1.807, 2.05) is 30.3 Å². The van der Waals surface area contributed by atoms with Gasteiger partial charge in [0.1, 0.15) is 12.1 Å². The molecule has 2 aromatic carbocycles. The molecule has 0 bridgehead atoms. The summed E-state index contributed by atoms with van der Waals surface area (Å²) in [6.07, 6.45) is 1.22. The van der Waals surface area contributed by atoms with Gasteiger partial charge in [0, 0.05) is 0 Å². The van der Waals surface area contributed by atoms with Crippen molar-refractivity contribution in [3.8, 4) is 5.75 Å². The Labute approximate surface area is 168 Å². The van der Waals surface area contributed by atoms with E-state index in [9.17, 15) is 9.59 Å². The van der Waals surface area contributed by atoms with Gasteiger partial charge >= 0.3 is 6.03 Å². The van der Waals surface area contributed by atoms with Gasteiger partial charge in [0.15, 0.2) is 5.75 Å². The van der Waals surface area contributed by atoms with Crippen LogP contribution < -0.4 is 10.1 Å². The SMILES string of the molecule is C[C@@]1(CCc2ccccc2)NC(=O)N(CCOc2c(Cl)cccc2Cl)C1=O. The van der Waals surface area contributed by atoms with Crippen LogP contribution in [0.15, 0.2) is 48.5 Å². The molecule has 1 aliphatic rings. The van der Waals surface area contributed by atoms with E-state index in [1.54, 1.807) is 25.1 Å². The van der Waals surface area contributed by atoms with Gasteiger partial charge in [0.25, 0.3) is 5.91 Å². The maximum Gasteiger partial charge on any atom is 0.325 e. The number of ether oxygens (including phenoxy) is 1. The highest BCUT2D eigenvalue weighted by atomic mass is 35.5. The number of rotatable bonds is 7. The summed E-state index contributed by atoms with van der Waals surface area (Å²) in [4.78, 5) is 26.2. The number of hydrogen-bond donors (Lipinski definition) is 1. The average Bonchev–Trinajstić information content (AvgIpc) is 2.86. The average molecular weight is 407 g/mol. The van der Waals surface area contributed by atoms with E-state index < -0.39 is 11.6 Å². The van der Waals surface area contributed by atoms with Crippen LogP contribution in [0.1, 0.15) is 18.9 Å². The Morgan fingerprint density at radius 1 is 1.04 bits per heavy atom. The Morgan fingerprint density at radius 3 is 2.37 bits per heavy atom. The Bertz CT molecular complexity index is 824. The first-order valence-electron chi connectivity index (χ1n) is 8.65. The number of nitrogens with zero attached hydrogens (tertiary/aromatic N) is 1. The van der Waals surface area contributed by atoms with Crippen molar-refractivity contribution in [3.05, 3.63) is 64.1 Å². The summed E-state index contributed by atoms with van der Waals surface area (Å²) in [6.45, 7) is 1.98. The maximum atomic E-state index is 12.8. The lowest BCUT2D eigenvalue weighted by atomic mass is 9.93. The van der Waals surface area contributed by atoms with Gasteiger partial charge in [-0.1, -0.05) is 59.6 Å². The number of amides is 3.